The van der Waals surface area contributed by atoms with Crippen LogP contribution in [0.4, 0.5) is 0 Å². The van der Waals surface area contributed by atoms with Crippen LogP contribution in [0, 0.1) is 17.3 Å². The van der Waals surface area contributed by atoms with Crippen LogP contribution in [0.2, 0.25) is 0 Å². The van der Waals surface area contributed by atoms with E-state index in [4.69, 9.17) is 4.74 Å². The third-order valence-corrected chi connectivity index (χ3v) is 4.99. The van der Waals surface area contributed by atoms with Crippen LogP contribution in [0.3, 0.4) is 0 Å². The highest BCUT2D eigenvalue weighted by Gasteiger charge is 2.52. The van der Waals surface area contributed by atoms with Crippen molar-refractivity contribution in [2.45, 2.75) is 52.7 Å². The number of hydrogen-bond donors (Lipinski definition) is 1. The molecule has 3 heteroatoms. The van der Waals surface area contributed by atoms with Crippen LogP contribution in [0.5, 0.6) is 0 Å². The van der Waals surface area contributed by atoms with Gasteiger partial charge in [0.05, 0.1) is 11.5 Å². The average molecular weight is 290 g/mol. The molecule has 1 aliphatic carbocycles. The topological polar surface area (TPSA) is 46.5 Å². The van der Waals surface area contributed by atoms with Crippen LogP contribution in [0.15, 0.2) is 30.3 Å². The lowest BCUT2D eigenvalue weighted by molar-refractivity contribution is -0.160. The first-order valence-electron chi connectivity index (χ1n) is 7.89. The third-order valence-electron chi connectivity index (χ3n) is 4.99. The zero-order valence-electron chi connectivity index (χ0n) is 13.2. The zero-order chi connectivity index (χ0) is 15.5. The molecule has 0 spiro atoms. The highest BCUT2D eigenvalue weighted by molar-refractivity contribution is 5.77. The van der Waals surface area contributed by atoms with Gasteiger partial charge in [-0.1, -0.05) is 57.5 Å². The van der Waals surface area contributed by atoms with E-state index in [2.05, 4.69) is 20.8 Å². The lowest BCUT2D eigenvalue weighted by Crippen LogP contribution is -2.36. The van der Waals surface area contributed by atoms with Gasteiger partial charge >= 0.3 is 5.97 Å². The van der Waals surface area contributed by atoms with Gasteiger partial charge in [0.2, 0.25) is 0 Å². The molecule has 116 valence electrons. The minimum absolute atomic E-state index is 0.156. The molecule has 1 fully saturated rings. The number of benzene rings is 1. The summed E-state index contributed by atoms with van der Waals surface area (Å²) in [6.45, 7) is 6.48. The SMILES string of the molecule is CC[C@H]1CC(C(=O)OCc2ccccc2)(C(C)C)C[C@H]1O. The molecule has 0 aliphatic heterocycles. The summed E-state index contributed by atoms with van der Waals surface area (Å²) in [5.74, 6) is 0.222. The second-order valence-corrected chi connectivity index (χ2v) is 6.52. The van der Waals surface area contributed by atoms with Crippen molar-refractivity contribution in [3.8, 4) is 0 Å². The quantitative estimate of drug-likeness (QED) is 0.844. The molecule has 0 radical (unpaired) electrons. The lowest BCUT2D eigenvalue weighted by Gasteiger charge is -2.31. The average Bonchev–Trinajstić information content (AvgIpc) is 2.84. The van der Waals surface area contributed by atoms with E-state index in [1.165, 1.54) is 0 Å². The van der Waals surface area contributed by atoms with Crippen LogP contribution in [0.25, 0.3) is 0 Å². The molecule has 1 aromatic rings. The smallest absolute Gasteiger partial charge is 0.312 e. The molecule has 0 amide bonds. The molecule has 21 heavy (non-hydrogen) atoms. The van der Waals surface area contributed by atoms with Gasteiger partial charge in [-0.15, -0.1) is 0 Å². The van der Waals surface area contributed by atoms with Crippen LogP contribution >= 0.6 is 0 Å². The number of aliphatic hydroxyl groups excluding tert-OH is 1. The van der Waals surface area contributed by atoms with Crippen LogP contribution in [0.1, 0.15) is 45.6 Å². The van der Waals surface area contributed by atoms with Gasteiger partial charge in [0, 0.05) is 0 Å². The van der Waals surface area contributed by atoms with Gasteiger partial charge in [-0.2, -0.15) is 0 Å². The van der Waals surface area contributed by atoms with E-state index in [0.717, 1.165) is 18.4 Å². The van der Waals surface area contributed by atoms with Gasteiger partial charge in [-0.3, -0.25) is 4.79 Å². The fourth-order valence-electron chi connectivity index (χ4n) is 3.38. The summed E-state index contributed by atoms with van der Waals surface area (Å²) in [6.07, 6.45) is 1.77. The van der Waals surface area contributed by atoms with Crippen molar-refractivity contribution < 1.29 is 14.6 Å². The number of hydrogen-bond acceptors (Lipinski definition) is 3. The number of carbonyl (C=O) groups is 1. The molecule has 0 heterocycles. The Balaban J connectivity index is 2.07. The number of aliphatic hydroxyl groups is 1. The van der Waals surface area contributed by atoms with Crippen molar-refractivity contribution in [3.63, 3.8) is 0 Å². The molecule has 1 aromatic carbocycles. The van der Waals surface area contributed by atoms with Gasteiger partial charge in [0.25, 0.3) is 0 Å². The zero-order valence-corrected chi connectivity index (χ0v) is 13.2. The van der Waals surface area contributed by atoms with E-state index in [9.17, 15) is 9.90 Å². The second-order valence-electron chi connectivity index (χ2n) is 6.52. The van der Waals surface area contributed by atoms with Gasteiger partial charge in [-0.05, 0) is 30.2 Å². The van der Waals surface area contributed by atoms with Gasteiger partial charge in [0.15, 0.2) is 0 Å². The molecule has 0 aromatic heterocycles. The molecule has 0 saturated heterocycles. The molecule has 0 bridgehead atoms. The second kappa shape index (κ2) is 6.61. The molecule has 1 saturated carbocycles. The maximum atomic E-state index is 12.7. The van der Waals surface area contributed by atoms with E-state index in [1.54, 1.807) is 0 Å². The van der Waals surface area contributed by atoms with E-state index >= 15 is 0 Å². The Hall–Kier alpha value is -1.35. The molecule has 3 nitrogen and oxygen atoms in total. The first-order valence-corrected chi connectivity index (χ1v) is 7.89. The maximum absolute atomic E-state index is 12.7. The minimum Gasteiger partial charge on any atom is -0.460 e. The minimum atomic E-state index is -0.533. The normalized spacial score (nSPS) is 28.8. The largest absolute Gasteiger partial charge is 0.460 e. The third kappa shape index (κ3) is 3.29. The van der Waals surface area contributed by atoms with Gasteiger partial charge in [0.1, 0.15) is 6.61 Å². The maximum Gasteiger partial charge on any atom is 0.312 e. The lowest BCUT2D eigenvalue weighted by atomic mass is 9.75. The Morgan fingerprint density at radius 1 is 1.33 bits per heavy atom. The van der Waals surface area contributed by atoms with E-state index < -0.39 is 5.41 Å². The Morgan fingerprint density at radius 3 is 2.52 bits per heavy atom. The fourth-order valence-corrected chi connectivity index (χ4v) is 3.38. The number of esters is 1. The molecular formula is C18H26O3. The molecule has 1 N–H and O–H groups in total. The molecule has 1 aliphatic rings. The summed E-state index contributed by atoms with van der Waals surface area (Å²) >= 11 is 0. The Morgan fingerprint density at radius 2 is 2.00 bits per heavy atom. The Kier molecular flexibility index (Phi) is 5.04. The van der Waals surface area contributed by atoms with Gasteiger partial charge in [-0.25, -0.2) is 0 Å². The molecule has 1 unspecified atom stereocenters. The Labute approximate surface area is 127 Å². The fraction of sp³-hybridized carbons (Fsp3) is 0.611. The predicted molar refractivity (Wildman–Crippen MR) is 82.5 cm³/mol. The molecular weight excluding hydrogens is 264 g/mol. The van der Waals surface area contributed by atoms with Gasteiger partial charge < -0.3 is 9.84 Å². The van der Waals surface area contributed by atoms with Crippen molar-refractivity contribution in [2.24, 2.45) is 17.3 Å². The van der Waals surface area contributed by atoms with Crippen LogP contribution in [-0.4, -0.2) is 17.2 Å². The number of carbonyl (C=O) groups excluding carboxylic acids is 1. The summed E-state index contributed by atoms with van der Waals surface area (Å²) in [4.78, 5) is 12.7. The first-order chi connectivity index (χ1) is 9.99. The van der Waals surface area contributed by atoms with Crippen LogP contribution < -0.4 is 0 Å². The number of rotatable bonds is 5. The molecule has 3 atom stereocenters. The van der Waals surface area contributed by atoms with Crippen molar-refractivity contribution in [2.75, 3.05) is 0 Å². The number of ether oxygens (including phenoxy) is 1. The summed E-state index contributed by atoms with van der Waals surface area (Å²) in [6, 6.07) is 9.73. The monoisotopic (exact) mass is 290 g/mol. The van der Waals surface area contributed by atoms with Crippen molar-refractivity contribution in [3.05, 3.63) is 35.9 Å². The standard InChI is InChI=1S/C18H26O3/c1-4-15-10-18(13(2)3,11-16(15)19)17(20)21-12-14-8-6-5-7-9-14/h5-9,13,15-16,19H,4,10-12H2,1-3H3/t15-,16+,18?/m0/s1. The molecule has 2 rings (SSSR count). The summed E-state index contributed by atoms with van der Waals surface area (Å²) < 4.78 is 5.57. The van der Waals surface area contributed by atoms with Crippen molar-refractivity contribution >= 4 is 5.97 Å². The van der Waals surface area contributed by atoms with Crippen molar-refractivity contribution in [1.29, 1.82) is 0 Å². The summed E-state index contributed by atoms with van der Waals surface area (Å²) in [7, 11) is 0. The van der Waals surface area contributed by atoms with E-state index in [-0.39, 0.29) is 23.9 Å². The predicted octanol–water partition coefficient (Wildman–Crippen LogP) is 3.55. The highest BCUT2D eigenvalue weighted by atomic mass is 16.5. The van der Waals surface area contributed by atoms with Crippen molar-refractivity contribution in [1.82, 2.24) is 0 Å². The van der Waals surface area contributed by atoms with E-state index in [1.807, 2.05) is 30.3 Å². The first kappa shape index (κ1) is 16.0. The van der Waals surface area contributed by atoms with Crippen LogP contribution in [-0.2, 0) is 16.1 Å². The Bertz CT molecular complexity index is 469. The summed E-state index contributed by atoms with van der Waals surface area (Å²) in [5.41, 5.74) is 0.463. The highest BCUT2D eigenvalue weighted by Crippen LogP contribution is 2.49. The van der Waals surface area contributed by atoms with E-state index in [0.29, 0.717) is 13.0 Å². The summed E-state index contributed by atoms with van der Waals surface area (Å²) in [5, 5.41) is 10.2.